The van der Waals surface area contributed by atoms with Gasteiger partial charge in [-0.15, -0.1) is 0 Å². The highest BCUT2D eigenvalue weighted by atomic mass is 19.3. The van der Waals surface area contributed by atoms with Crippen LogP contribution in [-0.2, 0) is 0 Å². The average molecular weight is 183 g/mol. The molecule has 0 bridgehead atoms. The van der Waals surface area contributed by atoms with Crippen molar-refractivity contribution in [2.45, 2.75) is 6.43 Å². The molecule has 0 aliphatic carbocycles. The van der Waals surface area contributed by atoms with Crippen molar-refractivity contribution in [3.8, 4) is 0 Å². The van der Waals surface area contributed by atoms with Crippen LogP contribution in [0.1, 0.15) is 17.6 Å². The highest BCUT2D eigenvalue weighted by Gasteiger charge is 2.04. The van der Waals surface area contributed by atoms with Crippen LogP contribution in [0.3, 0.4) is 0 Å². The second-order valence-corrected chi connectivity index (χ2v) is 2.61. The Hall–Kier alpha value is -1.22. The van der Waals surface area contributed by atoms with Crippen molar-refractivity contribution >= 4 is 6.08 Å². The van der Waals surface area contributed by atoms with Gasteiger partial charge in [0.1, 0.15) is 0 Å². The maximum absolute atomic E-state index is 12.1. The number of rotatable bonds is 3. The summed E-state index contributed by atoms with van der Waals surface area (Å²) in [5.41, 5.74) is 6.18. The molecule has 0 saturated carbocycles. The van der Waals surface area contributed by atoms with Gasteiger partial charge in [-0.3, -0.25) is 0 Å². The molecule has 0 radical (unpaired) electrons. The van der Waals surface area contributed by atoms with Gasteiger partial charge < -0.3 is 5.73 Å². The van der Waals surface area contributed by atoms with Crippen LogP contribution in [0.2, 0.25) is 0 Å². The van der Waals surface area contributed by atoms with Gasteiger partial charge in [0.25, 0.3) is 6.43 Å². The van der Waals surface area contributed by atoms with Gasteiger partial charge in [0, 0.05) is 12.1 Å². The Morgan fingerprint density at radius 1 is 1.23 bits per heavy atom. The Morgan fingerprint density at radius 2 is 1.85 bits per heavy atom. The summed E-state index contributed by atoms with van der Waals surface area (Å²) in [6.07, 6.45) is 1.18. The summed E-state index contributed by atoms with van der Waals surface area (Å²) in [6, 6.07) is 6.13. The molecule has 3 heteroatoms. The first-order valence-electron chi connectivity index (χ1n) is 3.98. The Morgan fingerprint density at radius 3 is 2.31 bits per heavy atom. The molecule has 0 atom stereocenters. The molecule has 0 heterocycles. The Bertz CT molecular complexity index is 277. The zero-order valence-corrected chi connectivity index (χ0v) is 7.08. The summed E-state index contributed by atoms with van der Waals surface area (Å²) < 4.78 is 24.2. The van der Waals surface area contributed by atoms with E-state index in [4.69, 9.17) is 5.73 Å². The monoisotopic (exact) mass is 183 g/mol. The predicted molar refractivity (Wildman–Crippen MR) is 49.5 cm³/mol. The summed E-state index contributed by atoms with van der Waals surface area (Å²) in [5.74, 6) is 0. The lowest BCUT2D eigenvalue weighted by Crippen LogP contribution is -1.92. The molecule has 1 aromatic carbocycles. The predicted octanol–water partition coefficient (Wildman–Crippen LogP) is 2.60. The van der Waals surface area contributed by atoms with E-state index in [2.05, 4.69) is 0 Å². The lowest BCUT2D eigenvalue weighted by atomic mass is 10.1. The van der Waals surface area contributed by atoms with Crippen LogP contribution in [0, 0.1) is 0 Å². The molecule has 0 fully saturated rings. The minimum atomic E-state index is -2.40. The number of alkyl halides is 2. The molecule has 0 aliphatic rings. The van der Waals surface area contributed by atoms with Crippen molar-refractivity contribution in [2.24, 2.45) is 5.73 Å². The fourth-order valence-corrected chi connectivity index (χ4v) is 0.957. The summed E-state index contributed by atoms with van der Waals surface area (Å²) in [6.45, 7) is 0.455. The quantitative estimate of drug-likeness (QED) is 0.765. The molecule has 0 amide bonds. The minimum absolute atomic E-state index is 0.0462. The van der Waals surface area contributed by atoms with Crippen molar-refractivity contribution in [2.75, 3.05) is 6.54 Å². The molecule has 2 N–H and O–H groups in total. The van der Waals surface area contributed by atoms with E-state index in [0.717, 1.165) is 5.56 Å². The van der Waals surface area contributed by atoms with Crippen LogP contribution in [0.25, 0.3) is 6.08 Å². The topological polar surface area (TPSA) is 26.0 Å². The van der Waals surface area contributed by atoms with E-state index in [1.807, 2.05) is 0 Å². The Balaban J connectivity index is 2.75. The summed E-state index contributed by atoms with van der Waals surface area (Å²) in [5, 5.41) is 0. The van der Waals surface area contributed by atoms with E-state index in [-0.39, 0.29) is 5.56 Å². The zero-order valence-electron chi connectivity index (χ0n) is 7.08. The Kier molecular flexibility index (Phi) is 3.58. The highest BCUT2D eigenvalue weighted by molar-refractivity contribution is 5.49. The molecule has 0 unspecified atom stereocenters. The van der Waals surface area contributed by atoms with Gasteiger partial charge in [-0.05, 0) is 5.56 Å². The summed E-state index contributed by atoms with van der Waals surface area (Å²) in [7, 11) is 0. The van der Waals surface area contributed by atoms with E-state index < -0.39 is 6.43 Å². The minimum Gasteiger partial charge on any atom is -0.327 e. The van der Waals surface area contributed by atoms with Crippen molar-refractivity contribution in [3.63, 3.8) is 0 Å². The normalized spacial score (nSPS) is 11.4. The third kappa shape index (κ3) is 2.95. The van der Waals surface area contributed by atoms with Gasteiger partial charge >= 0.3 is 0 Å². The highest BCUT2D eigenvalue weighted by Crippen LogP contribution is 2.18. The van der Waals surface area contributed by atoms with Crippen LogP contribution in [-0.4, -0.2) is 6.54 Å². The molecule has 1 rings (SSSR count). The third-order valence-corrected chi connectivity index (χ3v) is 1.63. The first-order chi connectivity index (χ1) is 6.24. The maximum Gasteiger partial charge on any atom is 0.263 e. The first kappa shape index (κ1) is 9.86. The SMILES string of the molecule is NC/C=C/c1ccc(C(F)F)cc1. The number of halogens is 2. The van der Waals surface area contributed by atoms with Crippen molar-refractivity contribution in [3.05, 3.63) is 41.5 Å². The summed E-state index contributed by atoms with van der Waals surface area (Å²) in [4.78, 5) is 0. The van der Waals surface area contributed by atoms with Gasteiger partial charge in [-0.25, -0.2) is 8.78 Å². The molecule has 0 spiro atoms. The number of hydrogen-bond acceptors (Lipinski definition) is 1. The third-order valence-electron chi connectivity index (χ3n) is 1.63. The van der Waals surface area contributed by atoms with Gasteiger partial charge in [0.2, 0.25) is 0 Å². The van der Waals surface area contributed by atoms with Crippen LogP contribution in [0.4, 0.5) is 8.78 Å². The average Bonchev–Trinajstić information content (AvgIpc) is 2.15. The molecule has 13 heavy (non-hydrogen) atoms. The van der Waals surface area contributed by atoms with Gasteiger partial charge in [0.05, 0.1) is 0 Å². The first-order valence-corrected chi connectivity index (χ1v) is 3.98. The molecule has 1 nitrogen and oxygen atoms in total. The molecule has 70 valence electrons. The smallest absolute Gasteiger partial charge is 0.263 e. The van der Waals surface area contributed by atoms with Crippen LogP contribution >= 0.6 is 0 Å². The van der Waals surface area contributed by atoms with Crippen molar-refractivity contribution in [1.29, 1.82) is 0 Å². The molecular weight excluding hydrogens is 172 g/mol. The van der Waals surface area contributed by atoms with Gasteiger partial charge in [-0.2, -0.15) is 0 Å². The van der Waals surface area contributed by atoms with E-state index in [9.17, 15) is 8.78 Å². The van der Waals surface area contributed by atoms with Crippen LogP contribution in [0.15, 0.2) is 30.3 Å². The van der Waals surface area contributed by atoms with Crippen LogP contribution < -0.4 is 5.73 Å². The number of hydrogen-bond donors (Lipinski definition) is 1. The zero-order chi connectivity index (χ0) is 9.68. The summed E-state index contributed by atoms with van der Waals surface area (Å²) >= 11 is 0. The molecule has 0 aliphatic heterocycles. The Labute approximate surface area is 75.9 Å². The lowest BCUT2D eigenvalue weighted by molar-refractivity contribution is 0.151. The number of benzene rings is 1. The largest absolute Gasteiger partial charge is 0.327 e. The van der Waals surface area contributed by atoms with Gasteiger partial charge in [0.15, 0.2) is 0 Å². The van der Waals surface area contributed by atoms with E-state index in [1.165, 1.54) is 12.1 Å². The molecular formula is C10H11F2N. The van der Waals surface area contributed by atoms with Crippen molar-refractivity contribution < 1.29 is 8.78 Å². The van der Waals surface area contributed by atoms with E-state index in [0.29, 0.717) is 6.54 Å². The van der Waals surface area contributed by atoms with E-state index >= 15 is 0 Å². The lowest BCUT2D eigenvalue weighted by Gasteiger charge is -1.98. The van der Waals surface area contributed by atoms with Gasteiger partial charge in [-0.1, -0.05) is 36.4 Å². The number of nitrogens with two attached hydrogens (primary N) is 1. The van der Waals surface area contributed by atoms with Crippen LogP contribution in [0.5, 0.6) is 0 Å². The standard InChI is InChI=1S/C10H11F2N/c11-10(12)9-5-3-8(4-6-9)2-1-7-13/h1-6,10H,7,13H2/b2-1+. The van der Waals surface area contributed by atoms with E-state index in [1.54, 1.807) is 24.3 Å². The fraction of sp³-hybridized carbons (Fsp3) is 0.200. The maximum atomic E-state index is 12.1. The molecule has 0 saturated heterocycles. The second kappa shape index (κ2) is 4.72. The molecule has 1 aromatic rings. The second-order valence-electron chi connectivity index (χ2n) is 2.61. The molecule has 0 aromatic heterocycles. The van der Waals surface area contributed by atoms with Crippen molar-refractivity contribution in [1.82, 2.24) is 0 Å². The fourth-order valence-electron chi connectivity index (χ4n) is 0.957.